The molecule has 0 radical (unpaired) electrons. The summed E-state index contributed by atoms with van der Waals surface area (Å²) in [5, 5.41) is 17.8. The van der Waals surface area contributed by atoms with Gasteiger partial charge >= 0.3 is 11.9 Å². The molecular formula is C10H12O4. The SMILES string of the molecule is CC1=CC=C(C(=O)O)CC1(C)C(=O)O. The Hall–Kier alpha value is -1.58. The predicted octanol–water partition coefficient (Wildman–Crippen LogP) is 1.44. The van der Waals surface area contributed by atoms with E-state index in [4.69, 9.17) is 10.2 Å². The maximum atomic E-state index is 11.0. The largest absolute Gasteiger partial charge is 0.481 e. The van der Waals surface area contributed by atoms with Gasteiger partial charge in [0.2, 0.25) is 0 Å². The van der Waals surface area contributed by atoms with Gasteiger partial charge in [0.05, 0.1) is 5.41 Å². The third-order valence-electron chi connectivity index (χ3n) is 2.70. The lowest BCUT2D eigenvalue weighted by atomic mass is 9.74. The van der Waals surface area contributed by atoms with Crippen molar-refractivity contribution in [3.63, 3.8) is 0 Å². The van der Waals surface area contributed by atoms with Crippen LogP contribution in [0.1, 0.15) is 20.3 Å². The Morgan fingerprint density at radius 1 is 1.36 bits per heavy atom. The lowest BCUT2D eigenvalue weighted by molar-refractivity contribution is -0.145. The molecule has 0 spiro atoms. The summed E-state index contributed by atoms with van der Waals surface area (Å²) in [6.07, 6.45) is 3.06. The molecule has 76 valence electrons. The minimum absolute atomic E-state index is 0.0417. The van der Waals surface area contributed by atoms with Crippen molar-refractivity contribution in [1.29, 1.82) is 0 Å². The van der Waals surface area contributed by atoms with Crippen molar-refractivity contribution in [1.82, 2.24) is 0 Å². The molecule has 1 unspecified atom stereocenters. The van der Waals surface area contributed by atoms with Crippen LogP contribution in [0.5, 0.6) is 0 Å². The standard InChI is InChI=1S/C10H12O4/c1-6-3-4-7(8(11)12)5-10(6,2)9(13)14/h3-4H,5H2,1-2H3,(H,11,12)(H,13,14). The minimum atomic E-state index is -1.08. The molecule has 1 aliphatic rings. The quantitative estimate of drug-likeness (QED) is 0.700. The van der Waals surface area contributed by atoms with E-state index in [1.165, 1.54) is 13.0 Å². The van der Waals surface area contributed by atoms with Crippen LogP contribution in [-0.2, 0) is 9.59 Å². The summed E-state index contributed by atoms with van der Waals surface area (Å²) < 4.78 is 0. The van der Waals surface area contributed by atoms with Crippen LogP contribution in [0.25, 0.3) is 0 Å². The highest BCUT2D eigenvalue weighted by atomic mass is 16.4. The zero-order valence-corrected chi connectivity index (χ0v) is 8.07. The first kappa shape index (κ1) is 10.5. The van der Waals surface area contributed by atoms with Gasteiger partial charge < -0.3 is 10.2 Å². The molecule has 0 aromatic rings. The molecule has 0 saturated heterocycles. The Morgan fingerprint density at radius 2 is 1.93 bits per heavy atom. The third-order valence-corrected chi connectivity index (χ3v) is 2.70. The van der Waals surface area contributed by atoms with Gasteiger partial charge in [0, 0.05) is 5.57 Å². The number of carboxylic acid groups (broad SMARTS) is 2. The molecule has 14 heavy (non-hydrogen) atoms. The summed E-state index contributed by atoms with van der Waals surface area (Å²) in [6, 6.07) is 0. The highest BCUT2D eigenvalue weighted by molar-refractivity contribution is 5.90. The van der Waals surface area contributed by atoms with Crippen molar-refractivity contribution >= 4 is 11.9 Å². The van der Waals surface area contributed by atoms with Gasteiger partial charge in [-0.05, 0) is 20.3 Å². The summed E-state index contributed by atoms with van der Waals surface area (Å²) in [5.41, 5.74) is -0.266. The van der Waals surface area contributed by atoms with E-state index in [-0.39, 0.29) is 12.0 Å². The maximum absolute atomic E-state index is 11.0. The van der Waals surface area contributed by atoms with Gasteiger partial charge in [0.25, 0.3) is 0 Å². The molecule has 0 fully saturated rings. The highest BCUT2D eigenvalue weighted by Crippen LogP contribution is 2.37. The third kappa shape index (κ3) is 1.55. The van der Waals surface area contributed by atoms with Crippen LogP contribution in [0.15, 0.2) is 23.3 Å². The zero-order chi connectivity index (χ0) is 10.9. The van der Waals surface area contributed by atoms with E-state index in [2.05, 4.69) is 0 Å². The number of carboxylic acids is 2. The van der Waals surface area contributed by atoms with Gasteiger partial charge in [-0.15, -0.1) is 0 Å². The van der Waals surface area contributed by atoms with E-state index < -0.39 is 17.4 Å². The molecule has 2 N–H and O–H groups in total. The van der Waals surface area contributed by atoms with Crippen LogP contribution in [0.2, 0.25) is 0 Å². The predicted molar refractivity (Wildman–Crippen MR) is 49.8 cm³/mol. The molecule has 1 aliphatic carbocycles. The Kier molecular flexibility index (Phi) is 2.47. The van der Waals surface area contributed by atoms with Crippen LogP contribution in [0.3, 0.4) is 0 Å². The van der Waals surface area contributed by atoms with Crippen LogP contribution in [0, 0.1) is 5.41 Å². The summed E-state index contributed by atoms with van der Waals surface area (Å²) in [5.74, 6) is -2.04. The lowest BCUT2D eigenvalue weighted by Crippen LogP contribution is -2.32. The Labute approximate surface area is 81.6 Å². The average molecular weight is 196 g/mol. The molecule has 0 aliphatic heterocycles. The monoisotopic (exact) mass is 196 g/mol. The molecule has 1 atom stereocenters. The topological polar surface area (TPSA) is 74.6 Å². The molecule has 0 saturated carbocycles. The minimum Gasteiger partial charge on any atom is -0.481 e. The van der Waals surface area contributed by atoms with E-state index in [0.29, 0.717) is 5.57 Å². The first-order valence-electron chi connectivity index (χ1n) is 4.22. The van der Waals surface area contributed by atoms with Crippen molar-refractivity contribution in [3.05, 3.63) is 23.3 Å². The van der Waals surface area contributed by atoms with Crippen molar-refractivity contribution < 1.29 is 19.8 Å². The molecule has 0 bridgehead atoms. The summed E-state index contributed by atoms with van der Waals surface area (Å²) in [7, 11) is 0. The second-order valence-electron chi connectivity index (χ2n) is 3.66. The van der Waals surface area contributed by atoms with Gasteiger partial charge in [-0.25, -0.2) is 4.79 Å². The van der Waals surface area contributed by atoms with Gasteiger partial charge in [0.15, 0.2) is 0 Å². The summed E-state index contributed by atoms with van der Waals surface area (Å²) in [6.45, 7) is 3.24. The fourth-order valence-corrected chi connectivity index (χ4v) is 1.38. The Morgan fingerprint density at radius 3 is 2.36 bits per heavy atom. The van der Waals surface area contributed by atoms with Crippen molar-refractivity contribution in [2.75, 3.05) is 0 Å². The van der Waals surface area contributed by atoms with Crippen molar-refractivity contribution in [3.8, 4) is 0 Å². The highest BCUT2D eigenvalue weighted by Gasteiger charge is 2.38. The molecule has 0 aromatic heterocycles. The molecule has 0 aromatic carbocycles. The summed E-state index contributed by atoms with van der Waals surface area (Å²) >= 11 is 0. The number of hydrogen-bond acceptors (Lipinski definition) is 2. The smallest absolute Gasteiger partial charge is 0.331 e. The number of carbonyl (C=O) groups is 2. The van der Waals surface area contributed by atoms with Gasteiger partial charge in [0.1, 0.15) is 0 Å². The first-order chi connectivity index (χ1) is 6.38. The van der Waals surface area contributed by atoms with E-state index in [0.717, 1.165) is 0 Å². The fraction of sp³-hybridized carbons (Fsp3) is 0.400. The van der Waals surface area contributed by atoms with Crippen LogP contribution in [-0.4, -0.2) is 22.2 Å². The molecule has 0 heterocycles. The maximum Gasteiger partial charge on any atom is 0.331 e. The summed E-state index contributed by atoms with van der Waals surface area (Å²) in [4.78, 5) is 21.7. The number of allylic oxidation sites excluding steroid dienone is 2. The van der Waals surface area contributed by atoms with Crippen molar-refractivity contribution in [2.24, 2.45) is 5.41 Å². The molecule has 4 nitrogen and oxygen atoms in total. The normalized spacial score (nSPS) is 26.4. The van der Waals surface area contributed by atoms with E-state index in [1.54, 1.807) is 13.0 Å². The molecular weight excluding hydrogens is 184 g/mol. The average Bonchev–Trinajstić information content (AvgIpc) is 2.09. The van der Waals surface area contributed by atoms with E-state index in [9.17, 15) is 9.59 Å². The van der Waals surface area contributed by atoms with Crippen LogP contribution >= 0.6 is 0 Å². The van der Waals surface area contributed by atoms with Gasteiger partial charge in [-0.3, -0.25) is 4.79 Å². The second kappa shape index (κ2) is 3.29. The van der Waals surface area contributed by atoms with Crippen LogP contribution < -0.4 is 0 Å². The number of rotatable bonds is 2. The number of hydrogen-bond donors (Lipinski definition) is 2. The first-order valence-corrected chi connectivity index (χ1v) is 4.22. The van der Waals surface area contributed by atoms with Crippen molar-refractivity contribution in [2.45, 2.75) is 20.3 Å². The Balaban J connectivity index is 3.09. The molecule has 4 heteroatoms. The molecule has 1 rings (SSSR count). The second-order valence-corrected chi connectivity index (χ2v) is 3.66. The lowest BCUT2D eigenvalue weighted by Gasteiger charge is -2.28. The van der Waals surface area contributed by atoms with E-state index in [1.807, 2.05) is 0 Å². The van der Waals surface area contributed by atoms with Crippen LogP contribution in [0.4, 0.5) is 0 Å². The number of aliphatic carboxylic acids is 2. The van der Waals surface area contributed by atoms with Gasteiger partial charge in [-0.2, -0.15) is 0 Å². The fourth-order valence-electron chi connectivity index (χ4n) is 1.38. The van der Waals surface area contributed by atoms with Gasteiger partial charge in [-0.1, -0.05) is 17.7 Å². The van der Waals surface area contributed by atoms with E-state index >= 15 is 0 Å². The Bertz CT molecular complexity index is 351. The molecule has 0 amide bonds. The zero-order valence-electron chi connectivity index (χ0n) is 8.07.